The summed E-state index contributed by atoms with van der Waals surface area (Å²) in [6.45, 7) is 5.47. The molecule has 0 spiro atoms. The molecule has 128 valence electrons. The van der Waals surface area contributed by atoms with Crippen molar-refractivity contribution in [1.82, 2.24) is 10.6 Å². The highest BCUT2D eigenvalue weighted by Gasteiger charge is 2.32. The van der Waals surface area contributed by atoms with Crippen LogP contribution in [0, 0.1) is 0 Å². The number of ether oxygens (including phenoxy) is 1. The molecule has 0 saturated carbocycles. The van der Waals surface area contributed by atoms with Crippen molar-refractivity contribution < 1.29 is 4.74 Å². The first kappa shape index (κ1) is 18.4. The van der Waals surface area contributed by atoms with E-state index < -0.39 is 0 Å². The second-order valence-electron chi connectivity index (χ2n) is 5.60. The van der Waals surface area contributed by atoms with Gasteiger partial charge in [-0.3, -0.25) is 4.99 Å². The Morgan fingerprint density at radius 2 is 2.04 bits per heavy atom. The number of hydrogen-bond acceptors (Lipinski definition) is 3. The highest BCUT2D eigenvalue weighted by molar-refractivity contribution is 8.00. The van der Waals surface area contributed by atoms with E-state index in [2.05, 4.69) is 22.5 Å². The Labute approximate surface area is 148 Å². The summed E-state index contributed by atoms with van der Waals surface area (Å²) in [5.74, 6) is 1.93. The summed E-state index contributed by atoms with van der Waals surface area (Å²) >= 11 is 8.22. The van der Waals surface area contributed by atoms with E-state index in [0.29, 0.717) is 6.54 Å². The number of benzene rings is 1. The third-order valence-electron chi connectivity index (χ3n) is 4.06. The Morgan fingerprint density at radius 1 is 1.30 bits per heavy atom. The minimum absolute atomic E-state index is 0.245. The maximum Gasteiger partial charge on any atom is 0.191 e. The highest BCUT2D eigenvalue weighted by Crippen LogP contribution is 2.34. The minimum Gasteiger partial charge on any atom is -0.381 e. The van der Waals surface area contributed by atoms with Gasteiger partial charge in [-0.05, 0) is 30.2 Å². The van der Waals surface area contributed by atoms with Gasteiger partial charge in [0.05, 0.1) is 0 Å². The van der Waals surface area contributed by atoms with E-state index in [1.807, 2.05) is 36.0 Å². The van der Waals surface area contributed by atoms with E-state index >= 15 is 0 Å². The van der Waals surface area contributed by atoms with Crippen molar-refractivity contribution in [2.45, 2.75) is 31.1 Å². The minimum atomic E-state index is 0.245. The standard InChI is InChI=1S/C17H26ClN3OS/c1-3-23-17(8-10-22-11-9-17)13-21-16(19-2)20-12-14-6-4-5-7-15(14)18/h4-7H,3,8-13H2,1-2H3,(H2,19,20,21). The van der Waals surface area contributed by atoms with E-state index in [-0.39, 0.29) is 4.75 Å². The number of aliphatic imine (C=N–C) groups is 1. The molecule has 0 unspecified atom stereocenters. The molecule has 1 fully saturated rings. The van der Waals surface area contributed by atoms with E-state index in [0.717, 1.165) is 54.9 Å². The molecule has 23 heavy (non-hydrogen) atoms. The Morgan fingerprint density at radius 3 is 2.70 bits per heavy atom. The van der Waals surface area contributed by atoms with Crippen LogP contribution < -0.4 is 10.6 Å². The molecule has 0 bridgehead atoms. The van der Waals surface area contributed by atoms with Crippen LogP contribution in [0.1, 0.15) is 25.3 Å². The molecule has 0 radical (unpaired) electrons. The van der Waals surface area contributed by atoms with Gasteiger partial charge in [0.25, 0.3) is 0 Å². The van der Waals surface area contributed by atoms with Gasteiger partial charge in [-0.15, -0.1) is 0 Å². The first-order chi connectivity index (χ1) is 11.2. The van der Waals surface area contributed by atoms with Crippen LogP contribution in [0.4, 0.5) is 0 Å². The van der Waals surface area contributed by atoms with Crippen LogP contribution in [-0.4, -0.2) is 43.3 Å². The zero-order valence-electron chi connectivity index (χ0n) is 13.9. The molecular formula is C17H26ClN3OS. The predicted molar refractivity (Wildman–Crippen MR) is 101 cm³/mol. The molecule has 1 aromatic rings. The Bertz CT molecular complexity index is 513. The van der Waals surface area contributed by atoms with Gasteiger partial charge in [-0.25, -0.2) is 0 Å². The fraction of sp³-hybridized carbons (Fsp3) is 0.588. The Hall–Kier alpha value is -0.910. The lowest BCUT2D eigenvalue weighted by Gasteiger charge is -2.37. The number of guanidine groups is 1. The monoisotopic (exact) mass is 355 g/mol. The fourth-order valence-corrected chi connectivity index (χ4v) is 4.15. The van der Waals surface area contributed by atoms with Crippen LogP contribution in [0.5, 0.6) is 0 Å². The zero-order chi connectivity index (χ0) is 16.5. The molecule has 0 aromatic heterocycles. The number of nitrogens with zero attached hydrogens (tertiary/aromatic N) is 1. The van der Waals surface area contributed by atoms with E-state index in [1.165, 1.54) is 0 Å². The molecule has 6 heteroatoms. The van der Waals surface area contributed by atoms with Gasteiger partial charge in [0, 0.05) is 43.1 Å². The summed E-state index contributed by atoms with van der Waals surface area (Å²) in [5.41, 5.74) is 1.07. The van der Waals surface area contributed by atoms with Gasteiger partial charge in [0.2, 0.25) is 0 Å². The highest BCUT2D eigenvalue weighted by atomic mass is 35.5. The summed E-state index contributed by atoms with van der Waals surface area (Å²) in [4.78, 5) is 4.32. The van der Waals surface area contributed by atoms with Crippen molar-refractivity contribution in [3.8, 4) is 0 Å². The summed E-state index contributed by atoms with van der Waals surface area (Å²) in [6, 6.07) is 7.86. The maximum absolute atomic E-state index is 6.20. The molecule has 0 amide bonds. The van der Waals surface area contributed by atoms with Crippen molar-refractivity contribution in [3.63, 3.8) is 0 Å². The summed E-state index contributed by atoms with van der Waals surface area (Å²) in [6.07, 6.45) is 2.17. The number of rotatable bonds is 6. The lowest BCUT2D eigenvalue weighted by Crippen LogP contribution is -2.48. The van der Waals surface area contributed by atoms with Crippen molar-refractivity contribution in [2.24, 2.45) is 4.99 Å². The van der Waals surface area contributed by atoms with Crippen LogP contribution >= 0.6 is 23.4 Å². The lowest BCUT2D eigenvalue weighted by molar-refractivity contribution is 0.0782. The average Bonchev–Trinajstić information content (AvgIpc) is 2.57. The zero-order valence-corrected chi connectivity index (χ0v) is 15.5. The van der Waals surface area contributed by atoms with Gasteiger partial charge >= 0.3 is 0 Å². The van der Waals surface area contributed by atoms with Gasteiger partial charge < -0.3 is 15.4 Å². The van der Waals surface area contributed by atoms with Crippen molar-refractivity contribution in [1.29, 1.82) is 0 Å². The third-order valence-corrected chi connectivity index (χ3v) is 5.88. The fourth-order valence-electron chi connectivity index (χ4n) is 2.71. The van der Waals surface area contributed by atoms with Gasteiger partial charge in [-0.2, -0.15) is 11.8 Å². The van der Waals surface area contributed by atoms with Crippen LogP contribution in [-0.2, 0) is 11.3 Å². The topological polar surface area (TPSA) is 45.7 Å². The predicted octanol–water partition coefficient (Wildman–Crippen LogP) is 3.31. The molecule has 1 heterocycles. The smallest absolute Gasteiger partial charge is 0.191 e. The lowest BCUT2D eigenvalue weighted by atomic mass is 9.99. The molecule has 1 aliphatic rings. The molecule has 4 nitrogen and oxygen atoms in total. The molecule has 0 aliphatic carbocycles. The first-order valence-electron chi connectivity index (χ1n) is 8.09. The van der Waals surface area contributed by atoms with Crippen LogP contribution in [0.3, 0.4) is 0 Å². The normalized spacial score (nSPS) is 17.8. The molecule has 1 aliphatic heterocycles. The summed E-state index contributed by atoms with van der Waals surface area (Å²) in [7, 11) is 1.80. The Kier molecular flexibility index (Phi) is 7.53. The van der Waals surface area contributed by atoms with Crippen LogP contribution in [0.15, 0.2) is 29.3 Å². The van der Waals surface area contributed by atoms with E-state index in [4.69, 9.17) is 16.3 Å². The third kappa shape index (κ3) is 5.59. The molecule has 1 saturated heterocycles. The van der Waals surface area contributed by atoms with Crippen molar-refractivity contribution >= 4 is 29.3 Å². The average molecular weight is 356 g/mol. The first-order valence-corrected chi connectivity index (χ1v) is 9.45. The van der Waals surface area contributed by atoms with Gasteiger partial charge in [0.15, 0.2) is 5.96 Å². The van der Waals surface area contributed by atoms with Crippen molar-refractivity contribution in [3.05, 3.63) is 34.9 Å². The second-order valence-corrected chi connectivity index (χ2v) is 7.74. The van der Waals surface area contributed by atoms with E-state index in [9.17, 15) is 0 Å². The summed E-state index contributed by atoms with van der Waals surface area (Å²) in [5, 5.41) is 7.59. The van der Waals surface area contributed by atoms with Crippen molar-refractivity contribution in [2.75, 3.05) is 32.6 Å². The summed E-state index contributed by atoms with van der Waals surface area (Å²) < 4.78 is 5.77. The molecular weight excluding hydrogens is 330 g/mol. The number of thioether (sulfide) groups is 1. The Balaban J connectivity index is 1.88. The van der Waals surface area contributed by atoms with Gasteiger partial charge in [-0.1, -0.05) is 36.7 Å². The second kappa shape index (κ2) is 9.40. The molecule has 0 atom stereocenters. The molecule has 1 aromatic carbocycles. The molecule has 2 rings (SSSR count). The maximum atomic E-state index is 6.20. The molecule has 2 N–H and O–H groups in total. The number of nitrogens with one attached hydrogen (secondary N) is 2. The van der Waals surface area contributed by atoms with Crippen LogP contribution in [0.25, 0.3) is 0 Å². The largest absolute Gasteiger partial charge is 0.381 e. The van der Waals surface area contributed by atoms with Gasteiger partial charge in [0.1, 0.15) is 0 Å². The van der Waals surface area contributed by atoms with Crippen LogP contribution in [0.2, 0.25) is 5.02 Å². The number of halogens is 1. The number of hydrogen-bond donors (Lipinski definition) is 2. The van der Waals surface area contributed by atoms with E-state index in [1.54, 1.807) is 7.05 Å². The quantitative estimate of drug-likeness (QED) is 0.607. The SMILES string of the molecule is CCSC1(CNC(=NC)NCc2ccccc2Cl)CCOCC1.